The van der Waals surface area contributed by atoms with Crippen LogP contribution in [-0.2, 0) is 11.2 Å². The van der Waals surface area contributed by atoms with Gasteiger partial charge in [-0.2, -0.15) is 5.11 Å². The summed E-state index contributed by atoms with van der Waals surface area (Å²) in [5, 5.41) is 20.6. The number of carbonyl (C=O) groups is 2. The highest BCUT2D eigenvalue weighted by atomic mass is 16.3. The van der Waals surface area contributed by atoms with E-state index in [9.17, 15) is 14.7 Å². The highest BCUT2D eigenvalue weighted by Gasteiger charge is 2.28. The van der Waals surface area contributed by atoms with Crippen LogP contribution in [0.3, 0.4) is 0 Å². The number of carbonyl (C=O) groups excluding carboxylic acids is 2. The summed E-state index contributed by atoms with van der Waals surface area (Å²) in [7, 11) is 0. The topological polar surface area (TPSA) is 104 Å². The molecular formula is C21H20N4O3. The average molecular weight is 376 g/mol. The Hall–Kier alpha value is -3.35. The maximum atomic E-state index is 12.3. The molecule has 4 rings (SSSR count). The lowest BCUT2D eigenvalue weighted by Crippen LogP contribution is -2.23. The van der Waals surface area contributed by atoms with Crippen LogP contribution in [0.5, 0.6) is 5.75 Å². The molecule has 0 spiro atoms. The van der Waals surface area contributed by atoms with Gasteiger partial charge in [-0.05, 0) is 61.1 Å². The number of hydrogen-bond acceptors (Lipinski definition) is 5. The van der Waals surface area contributed by atoms with Crippen LogP contribution in [0.15, 0.2) is 64.0 Å². The first-order valence-electron chi connectivity index (χ1n) is 9.33. The number of nitrogens with zero attached hydrogens (tertiary/aromatic N) is 3. The van der Waals surface area contributed by atoms with Crippen molar-refractivity contribution in [2.45, 2.75) is 38.1 Å². The molecule has 2 amide bonds. The lowest BCUT2D eigenvalue weighted by molar-refractivity contribution is -0.115. The molecule has 2 aromatic rings. The summed E-state index contributed by atoms with van der Waals surface area (Å²) in [4.78, 5) is 28.2. The minimum absolute atomic E-state index is 0.0236. The zero-order chi connectivity index (χ0) is 19.5. The molecule has 0 radical (unpaired) electrons. The molecule has 1 aliphatic carbocycles. The lowest BCUT2D eigenvalue weighted by atomic mass is 9.84. The predicted octanol–water partition coefficient (Wildman–Crippen LogP) is 3.81. The van der Waals surface area contributed by atoms with Crippen molar-refractivity contribution in [3.05, 3.63) is 65.0 Å². The van der Waals surface area contributed by atoms with Crippen LogP contribution in [0, 0.1) is 0 Å². The predicted molar refractivity (Wildman–Crippen MR) is 103 cm³/mol. The van der Waals surface area contributed by atoms with E-state index in [2.05, 4.69) is 20.5 Å². The van der Waals surface area contributed by atoms with E-state index in [-0.39, 0.29) is 23.4 Å². The van der Waals surface area contributed by atoms with Crippen LogP contribution in [0.2, 0.25) is 0 Å². The van der Waals surface area contributed by atoms with E-state index in [1.54, 1.807) is 12.1 Å². The molecule has 0 saturated heterocycles. The minimum atomic E-state index is -0.476. The maximum Gasteiger partial charge on any atom is 0.291 e. The van der Waals surface area contributed by atoms with Gasteiger partial charge in [0.25, 0.3) is 11.8 Å². The number of aromatic hydroxyl groups is 1. The summed E-state index contributed by atoms with van der Waals surface area (Å²) in [6, 6.07) is 10.3. The summed E-state index contributed by atoms with van der Waals surface area (Å²) in [5.74, 6) is -0.835. The fourth-order valence-corrected chi connectivity index (χ4v) is 3.72. The first-order valence-corrected chi connectivity index (χ1v) is 9.33. The van der Waals surface area contributed by atoms with Crippen molar-refractivity contribution < 1.29 is 14.7 Å². The van der Waals surface area contributed by atoms with Crippen LogP contribution in [-0.4, -0.2) is 27.9 Å². The molecular weight excluding hydrogens is 356 g/mol. The Morgan fingerprint density at radius 2 is 2.04 bits per heavy atom. The van der Waals surface area contributed by atoms with E-state index in [1.807, 2.05) is 18.2 Å². The molecule has 1 aliphatic heterocycles. The molecule has 7 nitrogen and oxygen atoms in total. The Balaban J connectivity index is 1.51. The highest BCUT2D eigenvalue weighted by molar-refractivity contribution is 6.04. The molecule has 0 fully saturated rings. The van der Waals surface area contributed by atoms with Crippen LogP contribution >= 0.6 is 0 Å². The molecule has 1 atom stereocenters. The average Bonchev–Trinajstić information content (AvgIpc) is 2.71. The third kappa shape index (κ3) is 3.69. The van der Waals surface area contributed by atoms with E-state index in [1.165, 1.54) is 12.3 Å². The van der Waals surface area contributed by atoms with E-state index >= 15 is 0 Å². The SMILES string of the molecule is O=C1N=NC(Cc2cccc(NC(=O)c3ncccc3O)c2)C2=C1CCCC2. The Morgan fingerprint density at radius 1 is 1.18 bits per heavy atom. The second kappa shape index (κ2) is 7.72. The van der Waals surface area contributed by atoms with E-state index < -0.39 is 5.91 Å². The number of hydrogen-bond donors (Lipinski definition) is 2. The molecule has 1 aromatic heterocycles. The Morgan fingerprint density at radius 3 is 2.89 bits per heavy atom. The molecule has 1 unspecified atom stereocenters. The van der Waals surface area contributed by atoms with Crippen molar-refractivity contribution in [3.63, 3.8) is 0 Å². The van der Waals surface area contributed by atoms with Crippen LogP contribution in [0.1, 0.15) is 41.7 Å². The summed E-state index contributed by atoms with van der Waals surface area (Å²) >= 11 is 0. The van der Waals surface area contributed by atoms with Crippen molar-refractivity contribution in [2.24, 2.45) is 10.2 Å². The largest absolute Gasteiger partial charge is 0.505 e. The van der Waals surface area contributed by atoms with Gasteiger partial charge in [-0.1, -0.05) is 12.1 Å². The number of amides is 2. The van der Waals surface area contributed by atoms with Gasteiger partial charge in [-0.25, -0.2) is 4.98 Å². The molecule has 0 bridgehead atoms. The van der Waals surface area contributed by atoms with Gasteiger partial charge < -0.3 is 10.4 Å². The summed E-state index contributed by atoms with van der Waals surface area (Å²) in [6.45, 7) is 0. The summed E-state index contributed by atoms with van der Waals surface area (Å²) < 4.78 is 0. The van der Waals surface area contributed by atoms with Crippen molar-refractivity contribution in [1.29, 1.82) is 0 Å². The van der Waals surface area contributed by atoms with Crippen molar-refractivity contribution in [2.75, 3.05) is 5.32 Å². The Bertz CT molecular complexity index is 997. The monoisotopic (exact) mass is 376 g/mol. The van der Waals surface area contributed by atoms with Gasteiger partial charge in [0.15, 0.2) is 5.69 Å². The number of nitrogens with one attached hydrogen (secondary N) is 1. The fourth-order valence-electron chi connectivity index (χ4n) is 3.72. The quantitative estimate of drug-likeness (QED) is 0.846. The third-order valence-corrected chi connectivity index (χ3v) is 5.07. The van der Waals surface area contributed by atoms with E-state index in [0.29, 0.717) is 12.1 Å². The Labute approximate surface area is 162 Å². The van der Waals surface area contributed by atoms with Gasteiger partial charge in [-0.15, -0.1) is 5.11 Å². The van der Waals surface area contributed by atoms with Gasteiger partial charge in [0.2, 0.25) is 0 Å². The molecule has 28 heavy (non-hydrogen) atoms. The van der Waals surface area contributed by atoms with Gasteiger partial charge in [-0.3, -0.25) is 9.59 Å². The zero-order valence-electron chi connectivity index (χ0n) is 15.3. The van der Waals surface area contributed by atoms with Gasteiger partial charge in [0, 0.05) is 23.9 Å². The first-order chi connectivity index (χ1) is 13.6. The first kappa shape index (κ1) is 18.0. The minimum Gasteiger partial charge on any atom is -0.505 e. The highest BCUT2D eigenvalue weighted by Crippen LogP contribution is 2.33. The van der Waals surface area contributed by atoms with E-state index in [4.69, 9.17) is 0 Å². The molecule has 142 valence electrons. The second-order valence-corrected chi connectivity index (χ2v) is 6.98. The van der Waals surface area contributed by atoms with Crippen LogP contribution in [0.4, 0.5) is 5.69 Å². The number of anilines is 1. The van der Waals surface area contributed by atoms with Crippen molar-refractivity contribution in [1.82, 2.24) is 4.98 Å². The zero-order valence-corrected chi connectivity index (χ0v) is 15.3. The van der Waals surface area contributed by atoms with Crippen LogP contribution in [0.25, 0.3) is 0 Å². The van der Waals surface area contributed by atoms with E-state index in [0.717, 1.165) is 42.4 Å². The molecule has 2 aliphatic rings. The molecule has 0 saturated carbocycles. The van der Waals surface area contributed by atoms with Crippen molar-refractivity contribution in [3.8, 4) is 5.75 Å². The molecule has 7 heteroatoms. The number of aromatic nitrogens is 1. The van der Waals surface area contributed by atoms with Crippen molar-refractivity contribution >= 4 is 17.5 Å². The number of benzene rings is 1. The number of rotatable bonds is 4. The fraction of sp³-hybridized carbons (Fsp3) is 0.286. The molecule has 2 heterocycles. The summed E-state index contributed by atoms with van der Waals surface area (Å²) in [5.41, 5.74) is 3.51. The normalized spacial score (nSPS) is 18.7. The van der Waals surface area contributed by atoms with Gasteiger partial charge >= 0.3 is 0 Å². The maximum absolute atomic E-state index is 12.3. The second-order valence-electron chi connectivity index (χ2n) is 6.98. The Kier molecular flexibility index (Phi) is 4.97. The summed E-state index contributed by atoms with van der Waals surface area (Å²) in [6.07, 6.45) is 5.84. The number of pyridine rings is 1. The smallest absolute Gasteiger partial charge is 0.291 e. The third-order valence-electron chi connectivity index (χ3n) is 5.07. The molecule has 2 N–H and O–H groups in total. The van der Waals surface area contributed by atoms with Gasteiger partial charge in [0.05, 0.1) is 6.04 Å². The lowest BCUT2D eigenvalue weighted by Gasteiger charge is -2.25. The molecule has 1 aromatic carbocycles. The standard InChI is InChI=1S/C21H20N4O3/c26-18-9-4-10-22-19(18)21(28)23-14-6-3-5-13(11-14)12-17-15-7-1-2-8-16(15)20(27)25-24-17/h3-6,9-11,17,26H,1-2,7-8,12H2,(H,23,28). The van der Waals surface area contributed by atoms with Crippen LogP contribution < -0.4 is 5.32 Å². The number of azo groups is 1. The van der Waals surface area contributed by atoms with Gasteiger partial charge in [0.1, 0.15) is 5.75 Å².